The van der Waals surface area contributed by atoms with E-state index in [9.17, 15) is 4.79 Å². The Morgan fingerprint density at radius 2 is 1.86 bits per heavy atom. The van der Waals surface area contributed by atoms with E-state index >= 15 is 0 Å². The third-order valence-electron chi connectivity index (χ3n) is 5.46. The first-order valence-electron chi connectivity index (χ1n) is 10.6. The average Bonchev–Trinajstić information content (AvgIpc) is 3.21. The highest BCUT2D eigenvalue weighted by Crippen LogP contribution is 2.23. The summed E-state index contributed by atoms with van der Waals surface area (Å²) >= 11 is 1.66. The normalized spacial score (nSPS) is 15.4. The number of morpholine rings is 1. The summed E-state index contributed by atoms with van der Waals surface area (Å²) in [5, 5.41) is 2.04. The minimum Gasteiger partial charge on any atom is -0.379 e. The Kier molecular flexibility index (Phi) is 7.87. The fourth-order valence-electron chi connectivity index (χ4n) is 3.61. The van der Waals surface area contributed by atoms with Crippen LogP contribution in [0.15, 0.2) is 41.8 Å². The number of carbonyl (C=O) groups excluding carboxylic acids is 1. The van der Waals surface area contributed by atoms with Gasteiger partial charge in [0.2, 0.25) is 5.91 Å². The Morgan fingerprint density at radius 3 is 2.48 bits per heavy atom. The highest BCUT2D eigenvalue weighted by atomic mass is 32.1. The number of amides is 1. The number of hydrogen-bond acceptors (Lipinski definition) is 4. The van der Waals surface area contributed by atoms with Crippen molar-refractivity contribution in [1.82, 2.24) is 9.80 Å². The Morgan fingerprint density at radius 1 is 1.14 bits per heavy atom. The molecule has 0 bridgehead atoms. The molecular formula is C24H34N2O2S. The molecule has 0 aliphatic carbocycles. The van der Waals surface area contributed by atoms with Gasteiger partial charge in [0, 0.05) is 37.6 Å². The van der Waals surface area contributed by atoms with Crippen LogP contribution in [0.5, 0.6) is 0 Å². The van der Waals surface area contributed by atoms with Crippen LogP contribution in [0.1, 0.15) is 43.2 Å². The van der Waals surface area contributed by atoms with Gasteiger partial charge >= 0.3 is 0 Å². The smallest absolute Gasteiger partial charge is 0.228 e. The summed E-state index contributed by atoms with van der Waals surface area (Å²) in [4.78, 5) is 18.6. The summed E-state index contributed by atoms with van der Waals surface area (Å²) in [6, 6.07) is 12.8. The van der Waals surface area contributed by atoms with Gasteiger partial charge in [-0.2, -0.15) is 0 Å². The maximum atomic E-state index is 13.0. The van der Waals surface area contributed by atoms with Crippen molar-refractivity contribution >= 4 is 17.2 Å². The van der Waals surface area contributed by atoms with E-state index in [4.69, 9.17) is 4.74 Å². The highest BCUT2D eigenvalue weighted by Gasteiger charge is 2.18. The summed E-state index contributed by atoms with van der Waals surface area (Å²) < 4.78 is 5.43. The summed E-state index contributed by atoms with van der Waals surface area (Å²) in [7, 11) is 0. The molecule has 1 aliphatic rings. The van der Waals surface area contributed by atoms with Crippen molar-refractivity contribution in [3.05, 3.63) is 57.8 Å². The number of nitrogens with zero attached hydrogens (tertiary/aromatic N) is 2. The molecule has 0 spiro atoms. The van der Waals surface area contributed by atoms with E-state index in [0.717, 1.165) is 50.7 Å². The molecule has 158 valence electrons. The van der Waals surface area contributed by atoms with Gasteiger partial charge in [0.05, 0.1) is 19.6 Å². The Bertz CT molecular complexity index is 744. The molecule has 1 saturated heterocycles. The van der Waals surface area contributed by atoms with E-state index < -0.39 is 0 Å². The van der Waals surface area contributed by atoms with E-state index in [2.05, 4.69) is 49.9 Å². The van der Waals surface area contributed by atoms with Crippen molar-refractivity contribution in [1.29, 1.82) is 0 Å². The number of ether oxygens (including phenoxy) is 1. The lowest BCUT2D eigenvalue weighted by Crippen LogP contribution is -2.39. The molecular weight excluding hydrogens is 380 g/mol. The summed E-state index contributed by atoms with van der Waals surface area (Å²) in [5.74, 6) is 0.217. The minimum absolute atomic E-state index is 0.144. The molecule has 0 unspecified atom stereocenters. The van der Waals surface area contributed by atoms with Gasteiger partial charge in [-0.05, 0) is 34.4 Å². The second-order valence-corrected chi connectivity index (χ2v) is 9.86. The van der Waals surface area contributed by atoms with E-state index in [0.29, 0.717) is 13.0 Å². The molecule has 3 rings (SSSR count). The van der Waals surface area contributed by atoms with Gasteiger partial charge in [0.15, 0.2) is 0 Å². The molecule has 29 heavy (non-hydrogen) atoms. The molecule has 0 N–H and O–H groups in total. The topological polar surface area (TPSA) is 32.8 Å². The highest BCUT2D eigenvalue weighted by molar-refractivity contribution is 7.10. The first-order chi connectivity index (χ1) is 13.9. The second-order valence-electron chi connectivity index (χ2n) is 8.83. The first-order valence-corrected chi connectivity index (χ1v) is 11.5. The third kappa shape index (κ3) is 6.95. The maximum Gasteiger partial charge on any atom is 0.228 e. The monoisotopic (exact) mass is 414 g/mol. The molecule has 2 heterocycles. The Balaban J connectivity index is 1.61. The van der Waals surface area contributed by atoms with Crippen molar-refractivity contribution in [3.63, 3.8) is 0 Å². The van der Waals surface area contributed by atoms with Gasteiger partial charge in [-0.1, -0.05) is 51.1 Å². The number of hydrogen-bond donors (Lipinski definition) is 0. The number of rotatable bonds is 8. The zero-order chi connectivity index (χ0) is 20.7. The molecule has 1 fully saturated rings. The van der Waals surface area contributed by atoms with Gasteiger partial charge < -0.3 is 9.64 Å². The average molecular weight is 415 g/mol. The van der Waals surface area contributed by atoms with E-state index in [1.54, 1.807) is 11.3 Å². The van der Waals surface area contributed by atoms with Crippen LogP contribution in [0.3, 0.4) is 0 Å². The number of thiophene rings is 1. The Hall–Kier alpha value is -1.69. The third-order valence-corrected chi connectivity index (χ3v) is 6.33. The van der Waals surface area contributed by atoms with Crippen LogP contribution < -0.4 is 0 Å². The fraction of sp³-hybridized carbons (Fsp3) is 0.542. The van der Waals surface area contributed by atoms with E-state index in [1.807, 2.05) is 22.4 Å². The maximum absolute atomic E-state index is 13.0. The van der Waals surface area contributed by atoms with Gasteiger partial charge in [-0.3, -0.25) is 9.69 Å². The molecule has 1 aliphatic heterocycles. The van der Waals surface area contributed by atoms with Gasteiger partial charge in [0.1, 0.15) is 0 Å². The molecule has 1 amide bonds. The minimum atomic E-state index is 0.144. The molecule has 0 saturated carbocycles. The zero-order valence-corrected chi connectivity index (χ0v) is 18.8. The summed E-state index contributed by atoms with van der Waals surface area (Å²) in [5.41, 5.74) is 2.67. The molecule has 1 aromatic carbocycles. The van der Waals surface area contributed by atoms with Crippen LogP contribution in [0.4, 0.5) is 0 Å². The predicted octanol–water partition coefficient (Wildman–Crippen LogP) is 4.34. The summed E-state index contributed by atoms with van der Waals surface area (Å²) in [6.45, 7) is 12.8. The van der Waals surface area contributed by atoms with Crippen molar-refractivity contribution in [2.24, 2.45) is 0 Å². The van der Waals surface area contributed by atoms with E-state index in [1.165, 1.54) is 11.1 Å². The van der Waals surface area contributed by atoms with Gasteiger partial charge in [-0.25, -0.2) is 0 Å². The van der Waals surface area contributed by atoms with Crippen LogP contribution in [0.25, 0.3) is 0 Å². The fourth-order valence-corrected chi connectivity index (χ4v) is 4.30. The SMILES string of the molecule is CC(C)(C)c1ccc(CN(CCCN2CCOCC2)C(=O)Cc2cccs2)cc1. The standard InChI is InChI=1S/C24H34N2O2S/c1-24(2,3)21-9-7-20(8-10-21)19-26(23(27)18-22-6-4-17-29-22)12-5-11-25-13-15-28-16-14-25/h4,6-10,17H,5,11-16,18-19H2,1-3H3. The number of benzene rings is 1. The van der Waals surface area contributed by atoms with Crippen molar-refractivity contribution in [2.45, 2.75) is 45.6 Å². The van der Waals surface area contributed by atoms with Gasteiger partial charge in [-0.15, -0.1) is 11.3 Å². The van der Waals surface area contributed by atoms with Crippen LogP contribution in [0, 0.1) is 0 Å². The molecule has 1 aromatic heterocycles. The van der Waals surface area contributed by atoms with Crippen LogP contribution in [0.2, 0.25) is 0 Å². The van der Waals surface area contributed by atoms with Crippen LogP contribution in [-0.4, -0.2) is 55.1 Å². The zero-order valence-electron chi connectivity index (χ0n) is 18.0. The van der Waals surface area contributed by atoms with E-state index in [-0.39, 0.29) is 11.3 Å². The van der Waals surface area contributed by atoms with Crippen LogP contribution >= 0.6 is 11.3 Å². The Labute approximate surface area is 179 Å². The lowest BCUT2D eigenvalue weighted by Gasteiger charge is -2.28. The predicted molar refractivity (Wildman–Crippen MR) is 120 cm³/mol. The molecule has 4 nitrogen and oxygen atoms in total. The quantitative estimate of drug-likeness (QED) is 0.644. The van der Waals surface area contributed by atoms with Crippen LogP contribution in [-0.2, 0) is 27.9 Å². The van der Waals surface area contributed by atoms with Crippen molar-refractivity contribution in [2.75, 3.05) is 39.4 Å². The van der Waals surface area contributed by atoms with Crippen molar-refractivity contribution < 1.29 is 9.53 Å². The largest absolute Gasteiger partial charge is 0.379 e. The number of carbonyl (C=O) groups is 1. The molecule has 0 radical (unpaired) electrons. The molecule has 5 heteroatoms. The first kappa shape index (κ1) is 22.0. The van der Waals surface area contributed by atoms with Gasteiger partial charge in [0.25, 0.3) is 0 Å². The molecule has 2 aromatic rings. The lowest BCUT2D eigenvalue weighted by molar-refractivity contribution is -0.131. The van der Waals surface area contributed by atoms with Crippen molar-refractivity contribution in [3.8, 4) is 0 Å². The lowest BCUT2D eigenvalue weighted by atomic mass is 9.87. The molecule has 0 atom stereocenters. The second kappa shape index (κ2) is 10.4. The summed E-state index contributed by atoms with van der Waals surface area (Å²) in [6.07, 6.45) is 1.49.